The fourth-order valence-electron chi connectivity index (χ4n) is 3.35. The lowest BCUT2D eigenvalue weighted by molar-refractivity contribution is -0.118. The Morgan fingerprint density at radius 2 is 1.39 bits per heavy atom. The third kappa shape index (κ3) is 6.30. The minimum Gasteiger partial charge on any atom is -0.484 e. The number of rotatable bonds is 8. The van der Waals surface area contributed by atoms with E-state index >= 15 is 0 Å². The standard InChI is InChI=1S/C28H20Cl2N2O4/c29-20-12-15-24(22(16-20)27(34)18-6-2-1-3-7-18)31-26(33)17-36-21-13-10-19(11-14-21)28(35)32-25-9-5-4-8-23(25)30/h1-16H,17H2,(H,31,33)(H,32,35). The highest BCUT2D eigenvalue weighted by Crippen LogP contribution is 2.24. The van der Waals surface area contributed by atoms with Crippen LogP contribution in [0.1, 0.15) is 26.3 Å². The molecule has 0 saturated heterocycles. The van der Waals surface area contributed by atoms with Crippen LogP contribution in [0.5, 0.6) is 5.75 Å². The number of amides is 2. The topological polar surface area (TPSA) is 84.5 Å². The van der Waals surface area contributed by atoms with Gasteiger partial charge < -0.3 is 15.4 Å². The summed E-state index contributed by atoms with van der Waals surface area (Å²) < 4.78 is 5.55. The van der Waals surface area contributed by atoms with Gasteiger partial charge in [-0.1, -0.05) is 65.7 Å². The predicted molar refractivity (Wildman–Crippen MR) is 141 cm³/mol. The maximum absolute atomic E-state index is 12.9. The van der Waals surface area contributed by atoms with Crippen molar-refractivity contribution in [2.24, 2.45) is 0 Å². The monoisotopic (exact) mass is 518 g/mol. The first-order valence-corrected chi connectivity index (χ1v) is 11.6. The van der Waals surface area contributed by atoms with Gasteiger partial charge in [-0.05, 0) is 54.6 Å². The first-order valence-electron chi connectivity index (χ1n) is 10.9. The third-order valence-corrected chi connectivity index (χ3v) is 5.71. The molecule has 0 radical (unpaired) electrons. The second-order valence-corrected chi connectivity index (χ2v) is 8.52. The third-order valence-electron chi connectivity index (χ3n) is 5.14. The van der Waals surface area contributed by atoms with Gasteiger partial charge >= 0.3 is 0 Å². The van der Waals surface area contributed by atoms with E-state index in [4.69, 9.17) is 27.9 Å². The quantitative estimate of drug-likeness (QED) is 0.261. The van der Waals surface area contributed by atoms with E-state index in [0.29, 0.717) is 38.3 Å². The van der Waals surface area contributed by atoms with E-state index in [2.05, 4.69) is 10.6 Å². The molecule has 4 aromatic rings. The number of benzene rings is 4. The zero-order chi connectivity index (χ0) is 25.5. The van der Waals surface area contributed by atoms with Crippen molar-refractivity contribution in [1.82, 2.24) is 0 Å². The van der Waals surface area contributed by atoms with E-state index in [1.54, 1.807) is 84.9 Å². The number of hydrogen-bond acceptors (Lipinski definition) is 4. The molecular formula is C28H20Cl2N2O4. The van der Waals surface area contributed by atoms with Crippen LogP contribution >= 0.6 is 23.2 Å². The van der Waals surface area contributed by atoms with Crippen LogP contribution in [0.15, 0.2) is 97.1 Å². The van der Waals surface area contributed by atoms with Crippen molar-refractivity contribution in [1.29, 1.82) is 0 Å². The van der Waals surface area contributed by atoms with Gasteiger partial charge in [-0.15, -0.1) is 0 Å². The molecule has 180 valence electrons. The summed E-state index contributed by atoms with van der Waals surface area (Å²) in [7, 11) is 0. The Morgan fingerprint density at radius 1 is 0.694 bits per heavy atom. The van der Waals surface area contributed by atoms with Gasteiger partial charge in [-0.3, -0.25) is 14.4 Å². The molecule has 0 unspecified atom stereocenters. The van der Waals surface area contributed by atoms with Crippen molar-refractivity contribution < 1.29 is 19.1 Å². The van der Waals surface area contributed by atoms with Crippen molar-refractivity contribution in [3.8, 4) is 5.75 Å². The van der Waals surface area contributed by atoms with Crippen LogP contribution in [-0.2, 0) is 4.79 Å². The number of carbonyl (C=O) groups excluding carboxylic acids is 3. The molecule has 36 heavy (non-hydrogen) atoms. The average molecular weight is 519 g/mol. The number of carbonyl (C=O) groups is 3. The molecule has 0 fully saturated rings. The minimum atomic E-state index is -0.458. The molecule has 6 nitrogen and oxygen atoms in total. The molecule has 4 aromatic carbocycles. The van der Waals surface area contributed by atoms with E-state index in [1.165, 1.54) is 6.07 Å². The van der Waals surface area contributed by atoms with Gasteiger partial charge in [-0.2, -0.15) is 0 Å². The summed E-state index contributed by atoms with van der Waals surface area (Å²) >= 11 is 12.2. The van der Waals surface area contributed by atoms with Gasteiger partial charge in [0, 0.05) is 21.7 Å². The van der Waals surface area contributed by atoms with Gasteiger partial charge in [0.05, 0.1) is 16.4 Å². The Morgan fingerprint density at radius 3 is 2.11 bits per heavy atom. The summed E-state index contributed by atoms with van der Waals surface area (Å²) in [4.78, 5) is 37.9. The smallest absolute Gasteiger partial charge is 0.262 e. The molecule has 0 aliphatic carbocycles. The predicted octanol–water partition coefficient (Wildman–Crippen LogP) is 6.49. The summed E-state index contributed by atoms with van der Waals surface area (Å²) in [5.74, 6) is -0.651. The summed E-state index contributed by atoms with van der Waals surface area (Å²) in [5.41, 5.74) is 1.99. The summed E-state index contributed by atoms with van der Waals surface area (Å²) in [6.07, 6.45) is 0. The highest BCUT2D eigenvalue weighted by atomic mass is 35.5. The average Bonchev–Trinajstić information content (AvgIpc) is 2.90. The van der Waals surface area contributed by atoms with Crippen molar-refractivity contribution in [3.63, 3.8) is 0 Å². The van der Waals surface area contributed by atoms with Gasteiger partial charge in [0.2, 0.25) is 0 Å². The second kappa shape index (κ2) is 11.5. The lowest BCUT2D eigenvalue weighted by Gasteiger charge is -2.12. The molecular weight excluding hydrogens is 499 g/mol. The zero-order valence-corrected chi connectivity index (χ0v) is 20.3. The highest BCUT2D eigenvalue weighted by molar-refractivity contribution is 6.34. The van der Waals surface area contributed by atoms with Gasteiger partial charge in [0.1, 0.15) is 5.75 Å². The fraction of sp³-hybridized carbons (Fsp3) is 0.0357. The van der Waals surface area contributed by atoms with Crippen LogP contribution in [-0.4, -0.2) is 24.2 Å². The molecule has 2 N–H and O–H groups in total. The first-order chi connectivity index (χ1) is 17.4. The molecule has 0 aromatic heterocycles. The van der Waals surface area contributed by atoms with E-state index in [9.17, 15) is 14.4 Å². The molecule has 4 rings (SSSR count). The van der Waals surface area contributed by atoms with Crippen LogP contribution in [0.25, 0.3) is 0 Å². The van der Waals surface area contributed by atoms with E-state index in [1.807, 2.05) is 6.07 Å². The van der Waals surface area contributed by atoms with Crippen molar-refractivity contribution in [2.75, 3.05) is 17.2 Å². The summed E-state index contributed by atoms with van der Waals surface area (Å²) in [6, 6.07) is 26.6. The Balaban J connectivity index is 1.37. The Labute approximate surface area is 217 Å². The van der Waals surface area contributed by atoms with E-state index in [0.717, 1.165) is 0 Å². The van der Waals surface area contributed by atoms with Crippen LogP contribution < -0.4 is 15.4 Å². The molecule has 0 atom stereocenters. The maximum Gasteiger partial charge on any atom is 0.262 e. The SMILES string of the molecule is O=C(COc1ccc(C(=O)Nc2ccccc2Cl)cc1)Nc1ccc(Cl)cc1C(=O)c1ccccc1. The molecule has 8 heteroatoms. The van der Waals surface area contributed by atoms with E-state index in [-0.39, 0.29) is 23.9 Å². The molecule has 0 heterocycles. The fourth-order valence-corrected chi connectivity index (χ4v) is 3.71. The minimum absolute atomic E-state index is 0.264. The highest BCUT2D eigenvalue weighted by Gasteiger charge is 2.16. The van der Waals surface area contributed by atoms with Crippen LogP contribution in [0.4, 0.5) is 11.4 Å². The van der Waals surface area contributed by atoms with Gasteiger partial charge in [0.15, 0.2) is 12.4 Å². The molecule has 0 aliphatic rings. The molecule has 0 bridgehead atoms. The number of anilines is 2. The largest absolute Gasteiger partial charge is 0.484 e. The lowest BCUT2D eigenvalue weighted by Crippen LogP contribution is -2.21. The summed E-state index contributed by atoms with van der Waals surface area (Å²) in [5, 5.41) is 6.25. The van der Waals surface area contributed by atoms with Crippen LogP contribution in [0, 0.1) is 0 Å². The number of ether oxygens (including phenoxy) is 1. The summed E-state index contributed by atoms with van der Waals surface area (Å²) in [6.45, 7) is -0.299. The van der Waals surface area contributed by atoms with Crippen LogP contribution in [0.3, 0.4) is 0 Å². The normalized spacial score (nSPS) is 10.4. The van der Waals surface area contributed by atoms with Crippen molar-refractivity contribution in [2.45, 2.75) is 0 Å². The van der Waals surface area contributed by atoms with Crippen LogP contribution in [0.2, 0.25) is 10.0 Å². The van der Waals surface area contributed by atoms with Gasteiger partial charge in [0.25, 0.3) is 11.8 Å². The molecule has 0 aliphatic heterocycles. The number of nitrogens with one attached hydrogen (secondary N) is 2. The first kappa shape index (κ1) is 25.0. The molecule has 0 saturated carbocycles. The lowest BCUT2D eigenvalue weighted by atomic mass is 10.0. The molecule has 2 amide bonds. The maximum atomic E-state index is 12.9. The Bertz CT molecular complexity index is 1410. The van der Waals surface area contributed by atoms with Gasteiger partial charge in [-0.25, -0.2) is 0 Å². The number of hydrogen-bond donors (Lipinski definition) is 2. The van der Waals surface area contributed by atoms with E-state index < -0.39 is 5.91 Å². The zero-order valence-electron chi connectivity index (χ0n) is 18.8. The molecule has 0 spiro atoms. The Kier molecular flexibility index (Phi) is 8.00. The van der Waals surface area contributed by atoms with Crippen molar-refractivity contribution >= 4 is 52.2 Å². The second-order valence-electron chi connectivity index (χ2n) is 7.68. The number of para-hydroxylation sites is 1. The number of ketones is 1. The van der Waals surface area contributed by atoms with Crippen molar-refractivity contribution in [3.05, 3.63) is 124 Å². The number of halogens is 2. The Hall–Kier alpha value is -4.13.